The van der Waals surface area contributed by atoms with Crippen molar-refractivity contribution in [3.63, 3.8) is 0 Å². The van der Waals surface area contributed by atoms with Gasteiger partial charge in [-0.15, -0.1) is 0 Å². The molecule has 0 aromatic heterocycles. The van der Waals surface area contributed by atoms with Crippen LogP contribution in [0.3, 0.4) is 0 Å². The molecule has 0 atom stereocenters. The lowest BCUT2D eigenvalue weighted by Gasteiger charge is -2.12. The van der Waals surface area contributed by atoms with Crippen molar-refractivity contribution in [3.8, 4) is 0 Å². The molecule has 0 fully saturated rings. The molecular formula is C13H7F4N3O4. The summed E-state index contributed by atoms with van der Waals surface area (Å²) < 4.78 is 54.7. The van der Waals surface area contributed by atoms with Crippen LogP contribution in [0.25, 0.3) is 0 Å². The van der Waals surface area contributed by atoms with E-state index in [0.717, 1.165) is 19.1 Å². The molecule has 0 heterocycles. The summed E-state index contributed by atoms with van der Waals surface area (Å²) in [5, 5.41) is 23.4. The van der Waals surface area contributed by atoms with Crippen molar-refractivity contribution in [2.75, 3.05) is 5.32 Å². The number of nitro benzene ring substituents is 2. The molecule has 0 aliphatic heterocycles. The summed E-state index contributed by atoms with van der Waals surface area (Å²) in [5.41, 5.74) is -4.30. The van der Waals surface area contributed by atoms with Gasteiger partial charge in [0.15, 0.2) is 23.3 Å². The molecule has 0 saturated heterocycles. The molecule has 2 rings (SSSR count). The SMILES string of the molecule is Cc1c(F)c(F)c(Nc2ccc([N+](=O)[O-])cc2[N+](=O)[O-])c(F)c1F. The van der Waals surface area contributed by atoms with Crippen LogP contribution in [0.5, 0.6) is 0 Å². The fourth-order valence-electron chi connectivity index (χ4n) is 1.88. The number of nitrogens with zero attached hydrogens (tertiary/aromatic N) is 2. The van der Waals surface area contributed by atoms with E-state index in [-0.39, 0.29) is 0 Å². The van der Waals surface area contributed by atoms with Crippen molar-refractivity contribution in [2.24, 2.45) is 0 Å². The minimum atomic E-state index is -1.78. The predicted molar refractivity (Wildman–Crippen MR) is 74.0 cm³/mol. The van der Waals surface area contributed by atoms with E-state index in [0.29, 0.717) is 6.07 Å². The third-order valence-electron chi connectivity index (χ3n) is 3.13. The Kier molecular flexibility index (Phi) is 4.35. The summed E-state index contributed by atoms with van der Waals surface area (Å²) in [6, 6.07) is 2.16. The average molecular weight is 345 g/mol. The van der Waals surface area contributed by atoms with Crippen LogP contribution in [-0.2, 0) is 0 Å². The molecule has 24 heavy (non-hydrogen) atoms. The Morgan fingerprint density at radius 3 is 1.92 bits per heavy atom. The van der Waals surface area contributed by atoms with Crippen molar-refractivity contribution >= 4 is 22.7 Å². The Labute approximate surface area is 130 Å². The molecule has 0 spiro atoms. The maximum Gasteiger partial charge on any atom is 0.299 e. The van der Waals surface area contributed by atoms with E-state index in [9.17, 15) is 37.8 Å². The zero-order chi connectivity index (χ0) is 18.2. The molecule has 7 nitrogen and oxygen atoms in total. The topological polar surface area (TPSA) is 98.3 Å². The second kappa shape index (κ2) is 6.10. The van der Waals surface area contributed by atoms with Crippen LogP contribution in [0.2, 0.25) is 0 Å². The molecule has 2 aromatic rings. The van der Waals surface area contributed by atoms with E-state index in [1.165, 1.54) is 0 Å². The van der Waals surface area contributed by atoms with E-state index >= 15 is 0 Å². The average Bonchev–Trinajstić information content (AvgIpc) is 2.54. The first kappa shape index (κ1) is 17.1. The fraction of sp³-hybridized carbons (Fsp3) is 0.0769. The van der Waals surface area contributed by atoms with Crippen molar-refractivity contribution in [1.82, 2.24) is 0 Å². The minimum Gasteiger partial charge on any atom is -0.345 e. The van der Waals surface area contributed by atoms with E-state index in [1.54, 1.807) is 0 Å². The third kappa shape index (κ3) is 2.83. The van der Waals surface area contributed by atoms with Crippen LogP contribution in [0.15, 0.2) is 18.2 Å². The molecule has 0 saturated carbocycles. The van der Waals surface area contributed by atoms with Crippen LogP contribution >= 0.6 is 0 Å². The summed E-state index contributed by atoms with van der Waals surface area (Å²) in [6.07, 6.45) is 0. The van der Waals surface area contributed by atoms with Crippen LogP contribution in [0.4, 0.5) is 40.3 Å². The van der Waals surface area contributed by atoms with E-state index in [4.69, 9.17) is 0 Å². The van der Waals surface area contributed by atoms with Gasteiger partial charge in [-0.3, -0.25) is 20.2 Å². The lowest BCUT2D eigenvalue weighted by molar-refractivity contribution is -0.393. The van der Waals surface area contributed by atoms with Crippen LogP contribution in [-0.4, -0.2) is 9.85 Å². The Bertz CT molecular complexity index is 844. The smallest absolute Gasteiger partial charge is 0.299 e. The second-order valence-corrected chi connectivity index (χ2v) is 4.60. The Hall–Kier alpha value is -3.24. The largest absolute Gasteiger partial charge is 0.345 e. The van der Waals surface area contributed by atoms with Gasteiger partial charge < -0.3 is 5.32 Å². The minimum absolute atomic E-state index is 0.541. The molecule has 0 aliphatic rings. The molecular weight excluding hydrogens is 338 g/mol. The first-order valence-corrected chi connectivity index (χ1v) is 6.17. The molecule has 0 aliphatic carbocycles. The van der Waals surface area contributed by atoms with Gasteiger partial charge in [-0.25, -0.2) is 17.6 Å². The van der Waals surface area contributed by atoms with Gasteiger partial charge in [0.2, 0.25) is 0 Å². The first-order valence-electron chi connectivity index (χ1n) is 6.17. The third-order valence-corrected chi connectivity index (χ3v) is 3.13. The molecule has 0 amide bonds. The van der Waals surface area contributed by atoms with Gasteiger partial charge >= 0.3 is 0 Å². The predicted octanol–water partition coefficient (Wildman–Crippen LogP) is 4.11. The van der Waals surface area contributed by atoms with Gasteiger partial charge in [0.25, 0.3) is 11.4 Å². The highest BCUT2D eigenvalue weighted by molar-refractivity contribution is 5.72. The van der Waals surface area contributed by atoms with E-state index in [2.05, 4.69) is 0 Å². The van der Waals surface area contributed by atoms with E-state index in [1.807, 2.05) is 5.32 Å². The number of nitrogens with one attached hydrogen (secondary N) is 1. The Morgan fingerprint density at radius 1 is 0.917 bits per heavy atom. The first-order chi connectivity index (χ1) is 11.1. The van der Waals surface area contributed by atoms with Gasteiger partial charge in [0.1, 0.15) is 11.4 Å². The van der Waals surface area contributed by atoms with Gasteiger partial charge in [-0.2, -0.15) is 0 Å². The number of anilines is 2. The quantitative estimate of drug-likeness (QED) is 0.389. The summed E-state index contributed by atoms with van der Waals surface area (Å²) in [4.78, 5) is 19.6. The maximum atomic E-state index is 13.8. The summed E-state index contributed by atoms with van der Waals surface area (Å²) >= 11 is 0. The highest BCUT2D eigenvalue weighted by atomic mass is 19.2. The Morgan fingerprint density at radius 2 is 1.46 bits per heavy atom. The molecule has 0 radical (unpaired) electrons. The number of hydrogen-bond donors (Lipinski definition) is 1. The second-order valence-electron chi connectivity index (χ2n) is 4.60. The molecule has 2 aromatic carbocycles. The lowest BCUT2D eigenvalue weighted by Crippen LogP contribution is -2.07. The highest BCUT2D eigenvalue weighted by Gasteiger charge is 2.26. The lowest BCUT2D eigenvalue weighted by atomic mass is 10.1. The van der Waals surface area contributed by atoms with Crippen molar-refractivity contribution in [2.45, 2.75) is 6.92 Å². The summed E-state index contributed by atoms with van der Waals surface area (Å²) in [6.45, 7) is 0.814. The van der Waals surface area contributed by atoms with Crippen molar-refractivity contribution in [3.05, 3.63) is 67.3 Å². The zero-order valence-electron chi connectivity index (χ0n) is 11.8. The van der Waals surface area contributed by atoms with Crippen LogP contribution in [0.1, 0.15) is 5.56 Å². The van der Waals surface area contributed by atoms with Crippen LogP contribution < -0.4 is 5.32 Å². The van der Waals surface area contributed by atoms with E-state index < -0.39 is 61.4 Å². The standard InChI is InChI=1S/C13H7F4N3O4/c1-5-9(14)11(16)13(12(17)10(5)15)18-7-3-2-6(19(21)22)4-8(7)20(23)24/h2-4,18H,1H3. The summed E-state index contributed by atoms with van der Waals surface area (Å²) in [5.74, 6) is -6.89. The number of non-ortho nitro benzene ring substituents is 1. The van der Waals surface area contributed by atoms with Crippen LogP contribution in [0, 0.1) is 50.4 Å². The number of benzene rings is 2. The number of halogens is 4. The van der Waals surface area contributed by atoms with Gasteiger partial charge in [-0.1, -0.05) is 0 Å². The van der Waals surface area contributed by atoms with Gasteiger partial charge in [-0.05, 0) is 13.0 Å². The van der Waals surface area contributed by atoms with Crippen molar-refractivity contribution in [1.29, 1.82) is 0 Å². The maximum absolute atomic E-state index is 13.8. The fourth-order valence-corrected chi connectivity index (χ4v) is 1.88. The normalized spacial score (nSPS) is 10.5. The highest BCUT2D eigenvalue weighted by Crippen LogP contribution is 2.35. The van der Waals surface area contributed by atoms with Crippen molar-refractivity contribution < 1.29 is 27.4 Å². The monoisotopic (exact) mass is 345 g/mol. The number of nitro groups is 2. The molecule has 1 N–H and O–H groups in total. The zero-order valence-corrected chi connectivity index (χ0v) is 11.8. The van der Waals surface area contributed by atoms with Gasteiger partial charge in [0, 0.05) is 11.6 Å². The molecule has 0 unspecified atom stereocenters. The molecule has 11 heteroatoms. The Balaban J connectivity index is 2.61. The molecule has 0 bridgehead atoms. The number of rotatable bonds is 4. The van der Waals surface area contributed by atoms with Gasteiger partial charge in [0.05, 0.1) is 15.9 Å². The molecule has 126 valence electrons. The summed E-state index contributed by atoms with van der Waals surface area (Å²) in [7, 11) is 0. The number of hydrogen-bond acceptors (Lipinski definition) is 5.